The number of ether oxygens (including phenoxy) is 1. The zero-order chi connectivity index (χ0) is 13.5. The van der Waals surface area contributed by atoms with E-state index in [4.69, 9.17) is 4.74 Å². The minimum atomic E-state index is -0.340. The van der Waals surface area contributed by atoms with Gasteiger partial charge in [0.05, 0.1) is 6.61 Å². The van der Waals surface area contributed by atoms with E-state index in [1.807, 2.05) is 31.2 Å². The summed E-state index contributed by atoms with van der Waals surface area (Å²) in [5, 5.41) is 3.24. The molecule has 0 heterocycles. The van der Waals surface area contributed by atoms with Crippen LogP contribution in [0.15, 0.2) is 40.9 Å². The first-order valence-corrected chi connectivity index (χ1v) is 6.67. The van der Waals surface area contributed by atoms with Crippen LogP contribution >= 0.6 is 15.9 Å². The summed E-state index contributed by atoms with van der Waals surface area (Å²) in [6.07, 6.45) is 0. The second-order valence-electron chi connectivity index (χ2n) is 3.98. The fourth-order valence-electron chi connectivity index (χ4n) is 1.45. The largest absolute Gasteiger partial charge is 0.463 e. The molecular weight excluding hydrogens is 294 g/mol. The Morgan fingerprint density at radius 1 is 1.44 bits per heavy atom. The van der Waals surface area contributed by atoms with Crippen LogP contribution in [0.25, 0.3) is 0 Å². The first-order valence-electron chi connectivity index (χ1n) is 5.88. The maximum absolute atomic E-state index is 11.4. The SMILES string of the molecule is C=C(CNC(C)c1ccc(Br)cc1)C(=O)OCC. The molecule has 0 aliphatic rings. The van der Waals surface area contributed by atoms with Crippen LogP contribution in [0.5, 0.6) is 0 Å². The number of esters is 1. The maximum atomic E-state index is 11.4. The molecule has 1 atom stereocenters. The fraction of sp³-hybridized carbons (Fsp3) is 0.357. The highest BCUT2D eigenvalue weighted by Crippen LogP contribution is 2.16. The lowest BCUT2D eigenvalue weighted by Crippen LogP contribution is -2.24. The number of halogens is 1. The molecule has 0 aromatic heterocycles. The van der Waals surface area contributed by atoms with Crippen LogP contribution in [-0.4, -0.2) is 19.1 Å². The number of rotatable bonds is 6. The van der Waals surface area contributed by atoms with Gasteiger partial charge in [0.15, 0.2) is 0 Å². The van der Waals surface area contributed by atoms with Gasteiger partial charge in [-0.2, -0.15) is 0 Å². The van der Waals surface area contributed by atoms with Crippen LogP contribution in [0.4, 0.5) is 0 Å². The zero-order valence-corrected chi connectivity index (χ0v) is 12.3. The Balaban J connectivity index is 2.46. The van der Waals surface area contributed by atoms with E-state index in [0.29, 0.717) is 18.7 Å². The van der Waals surface area contributed by atoms with Crippen molar-refractivity contribution < 1.29 is 9.53 Å². The quantitative estimate of drug-likeness (QED) is 0.647. The monoisotopic (exact) mass is 311 g/mol. The molecule has 1 N–H and O–H groups in total. The van der Waals surface area contributed by atoms with Crippen molar-refractivity contribution >= 4 is 21.9 Å². The van der Waals surface area contributed by atoms with Crippen molar-refractivity contribution in [2.24, 2.45) is 0 Å². The first-order chi connectivity index (χ1) is 8.54. The summed E-state index contributed by atoms with van der Waals surface area (Å²) in [4.78, 5) is 11.4. The molecule has 0 radical (unpaired) electrons. The molecule has 0 fully saturated rings. The van der Waals surface area contributed by atoms with E-state index >= 15 is 0 Å². The van der Waals surface area contributed by atoms with Crippen molar-refractivity contribution in [1.82, 2.24) is 5.32 Å². The molecule has 0 aliphatic carbocycles. The average molecular weight is 312 g/mol. The molecule has 3 nitrogen and oxygen atoms in total. The summed E-state index contributed by atoms with van der Waals surface area (Å²) in [6, 6.07) is 8.22. The summed E-state index contributed by atoms with van der Waals surface area (Å²) in [7, 11) is 0. The second-order valence-corrected chi connectivity index (χ2v) is 4.89. The Kier molecular flexibility index (Phi) is 6.09. The van der Waals surface area contributed by atoms with Crippen molar-refractivity contribution in [3.63, 3.8) is 0 Å². The van der Waals surface area contributed by atoms with E-state index < -0.39 is 0 Å². The molecule has 1 rings (SSSR count). The number of benzene rings is 1. The van der Waals surface area contributed by atoms with Gasteiger partial charge in [0.2, 0.25) is 0 Å². The van der Waals surface area contributed by atoms with Gasteiger partial charge in [0.25, 0.3) is 0 Å². The molecule has 1 unspecified atom stereocenters. The van der Waals surface area contributed by atoms with Gasteiger partial charge in [0, 0.05) is 22.6 Å². The van der Waals surface area contributed by atoms with Gasteiger partial charge < -0.3 is 10.1 Å². The lowest BCUT2D eigenvalue weighted by atomic mass is 10.1. The predicted octanol–water partition coefficient (Wildman–Crippen LogP) is 3.22. The third-order valence-electron chi connectivity index (χ3n) is 2.56. The van der Waals surface area contributed by atoms with E-state index in [0.717, 1.165) is 10.0 Å². The van der Waals surface area contributed by atoms with Crippen LogP contribution in [0.1, 0.15) is 25.5 Å². The molecule has 18 heavy (non-hydrogen) atoms. The topological polar surface area (TPSA) is 38.3 Å². The van der Waals surface area contributed by atoms with Crippen molar-refractivity contribution in [1.29, 1.82) is 0 Å². The highest BCUT2D eigenvalue weighted by atomic mass is 79.9. The van der Waals surface area contributed by atoms with Crippen LogP contribution in [0.3, 0.4) is 0 Å². The van der Waals surface area contributed by atoms with Gasteiger partial charge in [0.1, 0.15) is 0 Å². The fourth-order valence-corrected chi connectivity index (χ4v) is 1.72. The predicted molar refractivity (Wildman–Crippen MR) is 76.3 cm³/mol. The highest BCUT2D eigenvalue weighted by Gasteiger charge is 2.10. The number of nitrogens with one attached hydrogen (secondary N) is 1. The smallest absolute Gasteiger partial charge is 0.334 e. The molecule has 1 aromatic carbocycles. The van der Waals surface area contributed by atoms with Crippen LogP contribution in [-0.2, 0) is 9.53 Å². The van der Waals surface area contributed by atoms with Gasteiger partial charge in [-0.1, -0.05) is 34.6 Å². The molecule has 98 valence electrons. The maximum Gasteiger partial charge on any atom is 0.334 e. The third-order valence-corrected chi connectivity index (χ3v) is 3.08. The van der Waals surface area contributed by atoms with Crippen LogP contribution < -0.4 is 5.32 Å². The van der Waals surface area contributed by atoms with Crippen LogP contribution in [0, 0.1) is 0 Å². The van der Waals surface area contributed by atoms with Gasteiger partial charge in [-0.3, -0.25) is 0 Å². The molecular formula is C14H18BrNO2. The minimum absolute atomic E-state index is 0.157. The molecule has 0 bridgehead atoms. The summed E-state index contributed by atoms with van der Waals surface area (Å²) >= 11 is 3.40. The molecule has 1 aromatic rings. The number of carbonyl (C=O) groups excluding carboxylic acids is 1. The van der Waals surface area contributed by atoms with Gasteiger partial charge in [-0.15, -0.1) is 0 Å². The molecule has 0 saturated heterocycles. The summed E-state index contributed by atoms with van der Waals surface area (Å²) < 4.78 is 5.92. The van der Waals surface area contributed by atoms with E-state index in [1.165, 1.54) is 0 Å². The third kappa shape index (κ3) is 4.63. The lowest BCUT2D eigenvalue weighted by molar-refractivity contribution is -0.138. The number of carbonyl (C=O) groups is 1. The van der Waals surface area contributed by atoms with E-state index in [2.05, 4.69) is 27.8 Å². The zero-order valence-electron chi connectivity index (χ0n) is 10.7. The van der Waals surface area contributed by atoms with Gasteiger partial charge >= 0.3 is 5.97 Å². The molecule has 4 heteroatoms. The number of hydrogen-bond donors (Lipinski definition) is 1. The van der Waals surface area contributed by atoms with Crippen molar-refractivity contribution in [2.45, 2.75) is 19.9 Å². The molecule has 0 spiro atoms. The molecule has 0 saturated carbocycles. The number of hydrogen-bond acceptors (Lipinski definition) is 3. The van der Waals surface area contributed by atoms with E-state index in [9.17, 15) is 4.79 Å². The Morgan fingerprint density at radius 2 is 2.06 bits per heavy atom. The van der Waals surface area contributed by atoms with Crippen molar-refractivity contribution in [2.75, 3.05) is 13.2 Å². The normalized spacial score (nSPS) is 11.9. The van der Waals surface area contributed by atoms with Gasteiger partial charge in [-0.05, 0) is 31.5 Å². The standard InChI is InChI=1S/C14H18BrNO2/c1-4-18-14(17)10(2)9-16-11(3)12-5-7-13(15)8-6-12/h5-8,11,16H,2,4,9H2,1,3H3. The lowest BCUT2D eigenvalue weighted by Gasteiger charge is -2.15. The van der Waals surface area contributed by atoms with Crippen molar-refractivity contribution in [3.8, 4) is 0 Å². The summed E-state index contributed by atoms with van der Waals surface area (Å²) in [5.41, 5.74) is 1.61. The second kappa shape index (κ2) is 7.34. The van der Waals surface area contributed by atoms with Gasteiger partial charge in [-0.25, -0.2) is 4.79 Å². The summed E-state index contributed by atoms with van der Waals surface area (Å²) in [5.74, 6) is -0.340. The molecule has 0 aliphatic heterocycles. The molecule has 0 amide bonds. The van der Waals surface area contributed by atoms with E-state index in [1.54, 1.807) is 6.92 Å². The van der Waals surface area contributed by atoms with Crippen LogP contribution in [0.2, 0.25) is 0 Å². The minimum Gasteiger partial charge on any atom is -0.463 e. The Morgan fingerprint density at radius 3 is 2.61 bits per heavy atom. The van der Waals surface area contributed by atoms with E-state index in [-0.39, 0.29) is 12.0 Å². The van der Waals surface area contributed by atoms with Crippen molar-refractivity contribution in [3.05, 3.63) is 46.5 Å². The Hall–Kier alpha value is -1.13. The summed E-state index contributed by atoms with van der Waals surface area (Å²) in [6.45, 7) is 8.33. The average Bonchev–Trinajstić information content (AvgIpc) is 2.36. The first kappa shape index (κ1) is 14.9. The Bertz CT molecular complexity index is 414. The Labute approximate surface area is 116 Å². The highest BCUT2D eigenvalue weighted by molar-refractivity contribution is 9.10.